The summed E-state index contributed by atoms with van der Waals surface area (Å²) >= 11 is 0. The van der Waals surface area contributed by atoms with Crippen molar-refractivity contribution in [2.75, 3.05) is 0 Å². The zero-order chi connectivity index (χ0) is 20.9. The van der Waals surface area contributed by atoms with Crippen LogP contribution in [0.3, 0.4) is 0 Å². The van der Waals surface area contributed by atoms with Crippen LogP contribution in [0, 0.1) is 40.3 Å². The third kappa shape index (κ3) is 3.38. The van der Waals surface area contributed by atoms with Gasteiger partial charge < -0.3 is 5.11 Å². The van der Waals surface area contributed by atoms with Crippen LogP contribution in [0.1, 0.15) is 83.6 Å². The Morgan fingerprint density at radius 1 is 1.00 bits per heavy atom. The van der Waals surface area contributed by atoms with Gasteiger partial charge in [-0.05, 0) is 123 Å². The third-order valence-corrected chi connectivity index (χ3v) is 10.2. The van der Waals surface area contributed by atoms with E-state index in [0.717, 1.165) is 42.9 Å². The molecule has 3 saturated carbocycles. The Hall–Kier alpha value is -1.15. The minimum Gasteiger partial charge on any atom is -0.393 e. The summed E-state index contributed by atoms with van der Waals surface area (Å²) in [6.07, 6.45) is 16.0. The number of hydrogen-bond donors (Lipinski definition) is 1. The molecule has 0 amide bonds. The lowest BCUT2D eigenvalue weighted by Crippen LogP contribution is -2.50. The van der Waals surface area contributed by atoms with Gasteiger partial charge in [0.25, 0.3) is 0 Å². The van der Waals surface area contributed by atoms with Gasteiger partial charge >= 0.3 is 0 Å². The molecule has 2 heteroatoms. The van der Waals surface area contributed by atoms with Crippen molar-refractivity contribution in [3.05, 3.63) is 47.3 Å². The van der Waals surface area contributed by atoms with E-state index in [2.05, 4.69) is 19.9 Å². The minimum absolute atomic E-state index is 0.105. The maximum Gasteiger partial charge on any atom is 0.123 e. The Kier molecular flexibility index (Phi) is 5.37. The number of halogens is 1. The van der Waals surface area contributed by atoms with Gasteiger partial charge in [-0.1, -0.05) is 37.6 Å². The Labute approximate surface area is 182 Å². The summed E-state index contributed by atoms with van der Waals surface area (Å²) in [7, 11) is 0. The van der Waals surface area contributed by atoms with E-state index in [0.29, 0.717) is 10.8 Å². The first kappa shape index (κ1) is 20.7. The average molecular weight is 411 g/mol. The predicted octanol–water partition coefficient (Wildman–Crippen LogP) is 7.09. The average Bonchev–Trinajstić information content (AvgIpc) is 3.06. The fourth-order valence-corrected chi connectivity index (χ4v) is 8.43. The SMILES string of the molecule is CC12CC[C@H](O)CC1=CC[C@@H]1C2CCC2(C)C(CCCc3ccc(F)cc3)CCC12. The molecule has 7 atom stereocenters. The lowest BCUT2D eigenvalue weighted by Gasteiger charge is -2.58. The third-order valence-electron chi connectivity index (χ3n) is 10.2. The largest absolute Gasteiger partial charge is 0.393 e. The summed E-state index contributed by atoms with van der Waals surface area (Å²) in [6.45, 7) is 5.15. The van der Waals surface area contributed by atoms with Gasteiger partial charge in [-0.3, -0.25) is 0 Å². The van der Waals surface area contributed by atoms with Gasteiger partial charge in [-0.15, -0.1) is 0 Å². The molecular weight excluding hydrogens is 371 g/mol. The molecule has 3 fully saturated rings. The second-order valence-corrected chi connectivity index (χ2v) is 11.5. The summed E-state index contributed by atoms with van der Waals surface area (Å²) in [5, 5.41) is 10.2. The summed E-state index contributed by atoms with van der Waals surface area (Å²) in [5.74, 6) is 3.30. The minimum atomic E-state index is -0.132. The molecule has 1 nitrogen and oxygen atoms in total. The number of aliphatic hydroxyl groups excluding tert-OH is 1. The fraction of sp³-hybridized carbons (Fsp3) is 0.714. The molecule has 4 aliphatic rings. The van der Waals surface area contributed by atoms with Gasteiger partial charge in [-0.2, -0.15) is 0 Å². The Bertz CT molecular complexity index is 797. The highest BCUT2D eigenvalue weighted by Crippen LogP contribution is 2.66. The van der Waals surface area contributed by atoms with Gasteiger partial charge in [0.1, 0.15) is 5.82 Å². The number of rotatable bonds is 4. The molecular formula is C28H39FO. The number of aliphatic hydroxyl groups is 1. The second-order valence-electron chi connectivity index (χ2n) is 11.5. The Balaban J connectivity index is 1.26. The molecule has 0 aromatic heterocycles. The first-order valence-corrected chi connectivity index (χ1v) is 12.5. The predicted molar refractivity (Wildman–Crippen MR) is 121 cm³/mol. The zero-order valence-electron chi connectivity index (χ0n) is 18.9. The second kappa shape index (κ2) is 7.76. The maximum atomic E-state index is 13.2. The molecule has 0 radical (unpaired) electrons. The summed E-state index contributed by atoms with van der Waals surface area (Å²) in [5.41, 5.74) is 3.72. The van der Waals surface area contributed by atoms with E-state index in [4.69, 9.17) is 0 Å². The summed E-state index contributed by atoms with van der Waals surface area (Å²) in [6, 6.07) is 7.10. The molecule has 0 heterocycles. The molecule has 1 aromatic carbocycles. The monoisotopic (exact) mass is 410 g/mol. The topological polar surface area (TPSA) is 20.2 Å². The summed E-state index contributed by atoms with van der Waals surface area (Å²) in [4.78, 5) is 0. The van der Waals surface area contributed by atoms with E-state index in [-0.39, 0.29) is 11.9 Å². The Morgan fingerprint density at radius 2 is 1.80 bits per heavy atom. The molecule has 5 unspecified atom stereocenters. The fourth-order valence-electron chi connectivity index (χ4n) is 8.43. The van der Waals surface area contributed by atoms with E-state index in [9.17, 15) is 9.50 Å². The van der Waals surface area contributed by atoms with Crippen LogP contribution in [0.4, 0.5) is 4.39 Å². The normalized spacial score (nSPS) is 42.8. The maximum absolute atomic E-state index is 13.2. The molecule has 30 heavy (non-hydrogen) atoms. The van der Waals surface area contributed by atoms with E-state index < -0.39 is 0 Å². The van der Waals surface area contributed by atoms with Crippen LogP contribution in [-0.2, 0) is 6.42 Å². The van der Waals surface area contributed by atoms with Crippen LogP contribution < -0.4 is 0 Å². The van der Waals surface area contributed by atoms with Crippen molar-refractivity contribution in [2.45, 2.75) is 90.6 Å². The van der Waals surface area contributed by atoms with Gasteiger partial charge in [-0.25, -0.2) is 4.39 Å². The van der Waals surface area contributed by atoms with Crippen LogP contribution >= 0.6 is 0 Å². The molecule has 0 saturated heterocycles. The van der Waals surface area contributed by atoms with Crippen molar-refractivity contribution in [1.29, 1.82) is 0 Å². The zero-order valence-corrected chi connectivity index (χ0v) is 18.9. The van der Waals surface area contributed by atoms with Crippen molar-refractivity contribution >= 4 is 0 Å². The first-order chi connectivity index (χ1) is 14.4. The van der Waals surface area contributed by atoms with Crippen LogP contribution in [0.2, 0.25) is 0 Å². The van der Waals surface area contributed by atoms with E-state index in [1.54, 1.807) is 17.7 Å². The van der Waals surface area contributed by atoms with Crippen molar-refractivity contribution in [3.63, 3.8) is 0 Å². The van der Waals surface area contributed by atoms with Gasteiger partial charge in [0.2, 0.25) is 0 Å². The number of benzene rings is 1. The highest BCUT2D eigenvalue weighted by Gasteiger charge is 2.58. The van der Waals surface area contributed by atoms with Gasteiger partial charge in [0.15, 0.2) is 0 Å². The molecule has 5 rings (SSSR count). The van der Waals surface area contributed by atoms with Crippen molar-refractivity contribution < 1.29 is 9.50 Å². The van der Waals surface area contributed by atoms with E-state index >= 15 is 0 Å². The number of allylic oxidation sites excluding steroid dienone is 1. The van der Waals surface area contributed by atoms with Gasteiger partial charge in [0.05, 0.1) is 6.10 Å². The first-order valence-electron chi connectivity index (χ1n) is 12.5. The van der Waals surface area contributed by atoms with Crippen LogP contribution in [0.15, 0.2) is 35.9 Å². The molecule has 4 aliphatic carbocycles. The van der Waals surface area contributed by atoms with Crippen molar-refractivity contribution in [3.8, 4) is 0 Å². The van der Waals surface area contributed by atoms with Crippen LogP contribution in [0.5, 0.6) is 0 Å². The standard InChI is InChI=1S/C28H39FO/c1-27-17-15-26-24(12-8-21-18-23(30)14-16-28(21,26)2)25(27)13-9-20(27)5-3-4-19-6-10-22(29)11-7-19/h6-8,10-11,20,23-26,30H,3-5,9,12-18H2,1-2H3/t20?,23-,24-,25?,26?,27?,28?/m0/s1. The molecule has 0 aliphatic heterocycles. The molecule has 0 spiro atoms. The highest BCUT2D eigenvalue weighted by atomic mass is 19.1. The quantitative estimate of drug-likeness (QED) is 0.525. The Morgan fingerprint density at radius 3 is 2.60 bits per heavy atom. The lowest BCUT2D eigenvalue weighted by molar-refractivity contribution is -0.0508. The smallest absolute Gasteiger partial charge is 0.123 e. The van der Waals surface area contributed by atoms with Crippen molar-refractivity contribution in [2.24, 2.45) is 34.5 Å². The number of hydrogen-bond acceptors (Lipinski definition) is 1. The van der Waals surface area contributed by atoms with Crippen LogP contribution in [0.25, 0.3) is 0 Å². The number of fused-ring (bicyclic) bond motifs is 5. The van der Waals surface area contributed by atoms with Gasteiger partial charge in [0, 0.05) is 0 Å². The van der Waals surface area contributed by atoms with Crippen LogP contribution in [-0.4, -0.2) is 11.2 Å². The molecule has 1 aromatic rings. The molecule has 0 bridgehead atoms. The molecule has 164 valence electrons. The van der Waals surface area contributed by atoms with E-state index in [1.165, 1.54) is 56.9 Å². The van der Waals surface area contributed by atoms with Crippen molar-refractivity contribution in [1.82, 2.24) is 0 Å². The molecule has 1 N–H and O–H groups in total. The highest BCUT2D eigenvalue weighted by molar-refractivity contribution is 5.25. The number of aryl methyl sites for hydroxylation is 1. The summed E-state index contributed by atoms with van der Waals surface area (Å²) < 4.78 is 13.2. The lowest BCUT2D eigenvalue weighted by atomic mass is 9.47. The van der Waals surface area contributed by atoms with E-state index in [1.807, 2.05) is 12.1 Å².